The minimum Gasteiger partial charge on any atom is -0.508 e. The number of halogens is 3. The molecule has 0 amide bonds. The molecule has 0 heterocycles. The van der Waals surface area contributed by atoms with E-state index in [4.69, 9.17) is 10.8 Å². The van der Waals surface area contributed by atoms with Crippen LogP contribution in [0, 0.1) is 0 Å². The van der Waals surface area contributed by atoms with Gasteiger partial charge in [0.25, 0.3) is 0 Å². The first kappa shape index (κ1) is 11.4. The van der Waals surface area contributed by atoms with Gasteiger partial charge in [-0.25, -0.2) is 8.78 Å². The van der Waals surface area contributed by atoms with Crippen molar-refractivity contribution in [2.24, 2.45) is 5.73 Å². The number of alkyl halides is 2. The van der Waals surface area contributed by atoms with Crippen molar-refractivity contribution < 1.29 is 13.9 Å². The summed E-state index contributed by atoms with van der Waals surface area (Å²) in [4.78, 5) is 0. The number of benzene rings is 1. The average molecular weight is 266 g/mol. The van der Waals surface area contributed by atoms with Gasteiger partial charge in [-0.3, -0.25) is 0 Å². The Balaban J connectivity index is 2.88. The summed E-state index contributed by atoms with van der Waals surface area (Å²) in [6.45, 7) is 0. The predicted octanol–water partition coefficient (Wildman–Crippen LogP) is 2.81. The third-order valence-electron chi connectivity index (χ3n) is 1.81. The summed E-state index contributed by atoms with van der Waals surface area (Å²) in [6, 6.07) is 3.66. The molecule has 1 atom stereocenters. The van der Waals surface area contributed by atoms with Crippen LogP contribution in [0.1, 0.15) is 18.0 Å². The van der Waals surface area contributed by atoms with Gasteiger partial charge in [0, 0.05) is 16.9 Å². The Morgan fingerprint density at radius 1 is 1.43 bits per heavy atom. The van der Waals surface area contributed by atoms with Crippen LogP contribution in [-0.4, -0.2) is 11.5 Å². The molecular weight excluding hydrogens is 256 g/mol. The van der Waals surface area contributed by atoms with Crippen LogP contribution in [0.3, 0.4) is 0 Å². The van der Waals surface area contributed by atoms with E-state index in [1.807, 2.05) is 0 Å². The Morgan fingerprint density at radius 3 is 2.64 bits per heavy atom. The maximum Gasteiger partial charge on any atom is 0.240 e. The molecule has 1 rings (SSSR count). The van der Waals surface area contributed by atoms with Gasteiger partial charge in [-0.05, 0) is 23.8 Å². The monoisotopic (exact) mass is 265 g/mol. The van der Waals surface area contributed by atoms with Crippen molar-refractivity contribution in [3.05, 3.63) is 28.2 Å². The number of phenolic OH excluding ortho intramolecular Hbond substituents is 1. The second-order valence-corrected chi connectivity index (χ2v) is 3.79. The smallest absolute Gasteiger partial charge is 0.240 e. The van der Waals surface area contributed by atoms with Crippen molar-refractivity contribution in [1.82, 2.24) is 0 Å². The lowest BCUT2D eigenvalue weighted by atomic mass is 10.0. The number of hydrogen-bond acceptors (Lipinski definition) is 2. The molecule has 3 N–H and O–H groups in total. The zero-order valence-electron chi connectivity index (χ0n) is 7.25. The highest BCUT2D eigenvalue weighted by Gasteiger charge is 2.15. The summed E-state index contributed by atoms with van der Waals surface area (Å²) in [5.41, 5.74) is 6.04. The third-order valence-corrected chi connectivity index (χ3v) is 2.53. The molecule has 0 spiro atoms. The van der Waals surface area contributed by atoms with Crippen molar-refractivity contribution in [3.63, 3.8) is 0 Å². The van der Waals surface area contributed by atoms with Crippen molar-refractivity contribution in [3.8, 4) is 5.75 Å². The van der Waals surface area contributed by atoms with E-state index in [-0.39, 0.29) is 5.75 Å². The van der Waals surface area contributed by atoms with Gasteiger partial charge < -0.3 is 10.8 Å². The number of phenols is 1. The minimum atomic E-state index is -2.45. The molecule has 0 radical (unpaired) electrons. The van der Waals surface area contributed by atoms with Crippen LogP contribution in [0.4, 0.5) is 8.78 Å². The van der Waals surface area contributed by atoms with Gasteiger partial charge in [0.15, 0.2) is 0 Å². The van der Waals surface area contributed by atoms with Gasteiger partial charge in [-0.2, -0.15) is 0 Å². The normalized spacial score (nSPS) is 13.2. The number of aromatic hydroxyl groups is 1. The molecule has 0 unspecified atom stereocenters. The Kier molecular flexibility index (Phi) is 3.83. The van der Waals surface area contributed by atoms with E-state index >= 15 is 0 Å². The first-order valence-corrected chi connectivity index (χ1v) is 4.82. The molecule has 0 aliphatic rings. The van der Waals surface area contributed by atoms with Gasteiger partial charge in [0.05, 0.1) is 0 Å². The second kappa shape index (κ2) is 4.70. The zero-order chi connectivity index (χ0) is 10.7. The summed E-state index contributed by atoms with van der Waals surface area (Å²) >= 11 is 3.18. The molecule has 78 valence electrons. The van der Waals surface area contributed by atoms with Crippen molar-refractivity contribution in [1.29, 1.82) is 0 Å². The summed E-state index contributed by atoms with van der Waals surface area (Å²) in [5, 5.41) is 9.16. The highest BCUT2D eigenvalue weighted by atomic mass is 79.9. The summed E-state index contributed by atoms with van der Waals surface area (Å²) in [5.74, 6) is 0.0212. The van der Waals surface area contributed by atoms with Crippen molar-refractivity contribution in [2.45, 2.75) is 18.9 Å². The first-order valence-electron chi connectivity index (χ1n) is 4.03. The summed E-state index contributed by atoms with van der Waals surface area (Å²) in [6.07, 6.45) is -2.86. The third kappa shape index (κ3) is 2.92. The van der Waals surface area contributed by atoms with Crippen LogP contribution in [0.2, 0.25) is 0 Å². The van der Waals surface area contributed by atoms with E-state index in [2.05, 4.69) is 15.9 Å². The van der Waals surface area contributed by atoms with Gasteiger partial charge in [-0.15, -0.1) is 0 Å². The minimum absolute atomic E-state index is 0.0212. The molecule has 1 aromatic carbocycles. The molecule has 0 aliphatic carbocycles. The molecule has 1 aromatic rings. The molecule has 14 heavy (non-hydrogen) atoms. The maximum absolute atomic E-state index is 12.0. The molecule has 2 nitrogen and oxygen atoms in total. The Labute approximate surface area is 88.9 Å². The van der Waals surface area contributed by atoms with Crippen LogP contribution in [0.15, 0.2) is 22.7 Å². The topological polar surface area (TPSA) is 46.2 Å². The van der Waals surface area contributed by atoms with Gasteiger partial charge >= 0.3 is 0 Å². The van der Waals surface area contributed by atoms with Crippen LogP contribution in [0.5, 0.6) is 5.75 Å². The van der Waals surface area contributed by atoms with Crippen LogP contribution in [-0.2, 0) is 0 Å². The van der Waals surface area contributed by atoms with E-state index in [1.165, 1.54) is 12.1 Å². The predicted molar refractivity (Wildman–Crippen MR) is 53.4 cm³/mol. The fraction of sp³-hybridized carbons (Fsp3) is 0.333. The Bertz CT molecular complexity index is 320. The van der Waals surface area contributed by atoms with E-state index in [0.29, 0.717) is 10.0 Å². The lowest BCUT2D eigenvalue weighted by molar-refractivity contribution is 0.128. The molecule has 0 saturated carbocycles. The highest BCUT2D eigenvalue weighted by molar-refractivity contribution is 9.10. The van der Waals surface area contributed by atoms with Gasteiger partial charge in [0.2, 0.25) is 6.43 Å². The molecule has 0 saturated heterocycles. The summed E-state index contributed by atoms with van der Waals surface area (Å²) < 4.78 is 24.7. The van der Waals surface area contributed by atoms with Crippen LogP contribution >= 0.6 is 15.9 Å². The molecule has 5 heteroatoms. The highest BCUT2D eigenvalue weighted by Crippen LogP contribution is 2.28. The fourth-order valence-corrected chi connectivity index (χ4v) is 1.67. The molecule has 0 aliphatic heterocycles. The molecule has 0 aromatic heterocycles. The lowest BCUT2D eigenvalue weighted by Gasteiger charge is -2.13. The van der Waals surface area contributed by atoms with Crippen molar-refractivity contribution in [2.75, 3.05) is 0 Å². The standard InChI is InChI=1S/C9H10BrF2NO/c10-7-2-1-5(14)3-6(7)8(13)4-9(11)12/h1-3,8-9,14H,4,13H2/t8-/m1/s1. The van der Waals surface area contributed by atoms with E-state index in [9.17, 15) is 8.78 Å². The van der Waals surface area contributed by atoms with E-state index < -0.39 is 18.9 Å². The number of rotatable bonds is 3. The van der Waals surface area contributed by atoms with E-state index in [0.717, 1.165) is 0 Å². The van der Waals surface area contributed by atoms with Gasteiger partial charge in [0.1, 0.15) is 5.75 Å². The van der Waals surface area contributed by atoms with Gasteiger partial charge in [-0.1, -0.05) is 15.9 Å². The summed E-state index contributed by atoms with van der Waals surface area (Å²) in [7, 11) is 0. The van der Waals surface area contributed by atoms with Crippen LogP contribution < -0.4 is 5.73 Å². The van der Waals surface area contributed by atoms with Crippen molar-refractivity contribution >= 4 is 15.9 Å². The average Bonchev–Trinajstić information content (AvgIpc) is 2.08. The number of nitrogens with two attached hydrogens (primary N) is 1. The largest absolute Gasteiger partial charge is 0.508 e. The van der Waals surface area contributed by atoms with E-state index in [1.54, 1.807) is 6.07 Å². The molecule has 0 fully saturated rings. The fourth-order valence-electron chi connectivity index (χ4n) is 1.13. The zero-order valence-corrected chi connectivity index (χ0v) is 8.84. The second-order valence-electron chi connectivity index (χ2n) is 2.94. The maximum atomic E-state index is 12.0. The lowest BCUT2D eigenvalue weighted by Crippen LogP contribution is -2.14. The Hall–Kier alpha value is -0.680. The number of hydrogen-bond donors (Lipinski definition) is 2. The Morgan fingerprint density at radius 2 is 2.07 bits per heavy atom. The molecular formula is C9H10BrF2NO. The van der Waals surface area contributed by atoms with Crippen LogP contribution in [0.25, 0.3) is 0 Å². The molecule has 0 bridgehead atoms. The quantitative estimate of drug-likeness (QED) is 0.883. The first-order chi connectivity index (χ1) is 6.50. The SMILES string of the molecule is N[C@H](CC(F)F)c1cc(O)ccc1Br.